The van der Waals surface area contributed by atoms with Gasteiger partial charge in [-0.05, 0) is 42.9 Å². The first-order valence-corrected chi connectivity index (χ1v) is 8.85. The smallest absolute Gasteiger partial charge is 0.211 e. The van der Waals surface area contributed by atoms with Crippen molar-refractivity contribution in [1.29, 1.82) is 0 Å². The molecule has 0 unspecified atom stereocenters. The summed E-state index contributed by atoms with van der Waals surface area (Å²) in [4.78, 5) is 1.12. The fraction of sp³-hybridized carbons (Fsp3) is 0.667. The van der Waals surface area contributed by atoms with E-state index in [2.05, 4.69) is 23.0 Å². The van der Waals surface area contributed by atoms with Crippen molar-refractivity contribution < 1.29 is 8.42 Å². The second kappa shape index (κ2) is 7.89. The summed E-state index contributed by atoms with van der Waals surface area (Å²) in [6.07, 6.45) is 1.59. The van der Waals surface area contributed by atoms with E-state index in [1.54, 1.807) is 11.3 Å². The van der Waals surface area contributed by atoms with Gasteiger partial charge in [0.25, 0.3) is 0 Å². The summed E-state index contributed by atoms with van der Waals surface area (Å²) in [6, 6.07) is 2.06. The van der Waals surface area contributed by atoms with Crippen LogP contribution in [0.15, 0.2) is 11.4 Å². The van der Waals surface area contributed by atoms with Crippen LogP contribution >= 0.6 is 11.3 Å². The fourth-order valence-electron chi connectivity index (χ4n) is 1.65. The first-order valence-electron chi connectivity index (χ1n) is 6.32. The number of thiophene rings is 1. The third-order valence-corrected chi connectivity index (χ3v) is 5.06. The van der Waals surface area contributed by atoms with Gasteiger partial charge in [0.2, 0.25) is 10.0 Å². The molecule has 4 nitrogen and oxygen atoms in total. The molecule has 0 aromatic carbocycles. The quantitative estimate of drug-likeness (QED) is 0.681. The Morgan fingerprint density at radius 1 is 1.33 bits per heavy atom. The molecule has 0 bridgehead atoms. The van der Waals surface area contributed by atoms with Crippen molar-refractivity contribution in [1.82, 2.24) is 10.0 Å². The maximum Gasteiger partial charge on any atom is 0.211 e. The van der Waals surface area contributed by atoms with Crippen molar-refractivity contribution in [3.63, 3.8) is 0 Å². The first-order chi connectivity index (χ1) is 8.59. The Labute approximate surface area is 114 Å². The van der Waals surface area contributed by atoms with Crippen LogP contribution in [0.4, 0.5) is 0 Å². The predicted molar refractivity (Wildman–Crippen MR) is 77.5 cm³/mol. The summed E-state index contributed by atoms with van der Waals surface area (Å²) < 4.78 is 26.2. The van der Waals surface area contributed by atoms with E-state index >= 15 is 0 Å². The maximum atomic E-state index is 11.8. The highest BCUT2D eigenvalue weighted by Gasteiger charge is 2.11. The van der Waals surface area contributed by atoms with E-state index in [1.807, 2.05) is 12.3 Å². The van der Waals surface area contributed by atoms with Crippen LogP contribution in [-0.2, 0) is 23.0 Å². The van der Waals surface area contributed by atoms with Crippen molar-refractivity contribution in [2.45, 2.75) is 33.2 Å². The average Bonchev–Trinajstić information content (AvgIpc) is 2.80. The Kier molecular flexibility index (Phi) is 6.85. The molecule has 18 heavy (non-hydrogen) atoms. The number of aryl methyl sites for hydroxylation is 1. The number of hydrogen-bond donors (Lipinski definition) is 2. The molecule has 1 aromatic heterocycles. The highest BCUT2D eigenvalue weighted by atomic mass is 32.2. The molecule has 0 spiro atoms. The fourth-order valence-corrected chi connectivity index (χ4v) is 3.69. The zero-order chi connectivity index (χ0) is 13.4. The van der Waals surface area contributed by atoms with Gasteiger partial charge in [-0.15, -0.1) is 11.3 Å². The Morgan fingerprint density at radius 3 is 2.78 bits per heavy atom. The lowest BCUT2D eigenvalue weighted by molar-refractivity contribution is 0.576. The third-order valence-electron chi connectivity index (χ3n) is 2.69. The van der Waals surface area contributed by atoms with Crippen molar-refractivity contribution in [2.75, 3.05) is 18.8 Å². The molecule has 104 valence electrons. The zero-order valence-electron chi connectivity index (χ0n) is 11.0. The Hall–Kier alpha value is -0.430. The average molecular weight is 290 g/mol. The van der Waals surface area contributed by atoms with Crippen molar-refractivity contribution in [2.24, 2.45) is 0 Å². The monoisotopic (exact) mass is 290 g/mol. The maximum absolute atomic E-state index is 11.8. The van der Waals surface area contributed by atoms with E-state index in [1.165, 1.54) is 5.56 Å². The van der Waals surface area contributed by atoms with Gasteiger partial charge < -0.3 is 5.32 Å². The molecular formula is C12H22N2O2S2. The summed E-state index contributed by atoms with van der Waals surface area (Å²) in [5.41, 5.74) is 1.23. The van der Waals surface area contributed by atoms with Gasteiger partial charge in [0.1, 0.15) is 0 Å². The van der Waals surface area contributed by atoms with Crippen LogP contribution < -0.4 is 10.0 Å². The second-order valence-corrected chi connectivity index (χ2v) is 7.00. The standard InChI is InChI=1S/C12H22N2O2S2/c1-3-11-6-8-17-12(11)10-14-18(15,16)9-5-7-13-4-2/h6,8,13-14H,3-5,7,9-10H2,1-2H3. The highest BCUT2D eigenvalue weighted by molar-refractivity contribution is 7.89. The van der Waals surface area contributed by atoms with Crippen molar-refractivity contribution in [3.8, 4) is 0 Å². The van der Waals surface area contributed by atoms with Crippen molar-refractivity contribution in [3.05, 3.63) is 21.9 Å². The predicted octanol–water partition coefficient (Wildman–Crippen LogP) is 1.73. The minimum absolute atomic E-state index is 0.187. The van der Waals surface area contributed by atoms with E-state index in [-0.39, 0.29) is 5.75 Å². The molecule has 0 aliphatic heterocycles. The normalized spacial score (nSPS) is 11.9. The molecule has 0 fully saturated rings. The van der Waals surface area contributed by atoms with Gasteiger partial charge in [-0.2, -0.15) is 0 Å². The van der Waals surface area contributed by atoms with Crippen LogP contribution in [-0.4, -0.2) is 27.3 Å². The van der Waals surface area contributed by atoms with Crippen LogP contribution in [0.3, 0.4) is 0 Å². The van der Waals surface area contributed by atoms with Gasteiger partial charge in [0, 0.05) is 11.4 Å². The van der Waals surface area contributed by atoms with Gasteiger partial charge in [-0.25, -0.2) is 13.1 Å². The third kappa shape index (κ3) is 5.48. The summed E-state index contributed by atoms with van der Waals surface area (Å²) in [5.74, 6) is 0.187. The molecule has 0 saturated heterocycles. The van der Waals surface area contributed by atoms with E-state index in [0.29, 0.717) is 13.0 Å². The summed E-state index contributed by atoms with van der Waals surface area (Å²) >= 11 is 1.61. The molecule has 2 N–H and O–H groups in total. The first kappa shape index (κ1) is 15.6. The van der Waals surface area contributed by atoms with Crippen LogP contribution in [0.25, 0.3) is 0 Å². The Morgan fingerprint density at radius 2 is 2.11 bits per heavy atom. The number of nitrogens with one attached hydrogen (secondary N) is 2. The SMILES string of the molecule is CCNCCCS(=O)(=O)NCc1sccc1CC. The molecule has 0 amide bonds. The highest BCUT2D eigenvalue weighted by Crippen LogP contribution is 2.17. The summed E-state index contributed by atoms with van der Waals surface area (Å²) in [6.45, 7) is 6.13. The molecule has 0 saturated carbocycles. The topological polar surface area (TPSA) is 58.2 Å². The number of sulfonamides is 1. The molecule has 0 atom stereocenters. The molecule has 6 heteroatoms. The van der Waals surface area contributed by atoms with Crippen LogP contribution in [0.5, 0.6) is 0 Å². The molecule has 0 radical (unpaired) electrons. The van der Waals surface area contributed by atoms with Crippen LogP contribution in [0.1, 0.15) is 30.7 Å². The lowest BCUT2D eigenvalue weighted by Gasteiger charge is -2.07. The lowest BCUT2D eigenvalue weighted by Crippen LogP contribution is -2.28. The van der Waals surface area contributed by atoms with E-state index in [9.17, 15) is 8.42 Å². The summed E-state index contributed by atoms with van der Waals surface area (Å²) in [7, 11) is -3.15. The van der Waals surface area contributed by atoms with Gasteiger partial charge in [-0.3, -0.25) is 0 Å². The van der Waals surface area contributed by atoms with E-state index < -0.39 is 10.0 Å². The Balaban J connectivity index is 2.37. The van der Waals surface area contributed by atoms with Gasteiger partial charge in [0.05, 0.1) is 5.75 Å². The molecule has 1 heterocycles. The van der Waals surface area contributed by atoms with E-state index in [4.69, 9.17) is 0 Å². The minimum atomic E-state index is -3.15. The minimum Gasteiger partial charge on any atom is -0.317 e. The van der Waals surface area contributed by atoms with Gasteiger partial charge in [0.15, 0.2) is 0 Å². The molecular weight excluding hydrogens is 268 g/mol. The van der Waals surface area contributed by atoms with E-state index in [0.717, 1.165) is 24.4 Å². The number of hydrogen-bond acceptors (Lipinski definition) is 4. The second-order valence-electron chi connectivity index (χ2n) is 4.07. The Bertz CT molecular complexity index is 441. The van der Waals surface area contributed by atoms with Crippen molar-refractivity contribution >= 4 is 21.4 Å². The van der Waals surface area contributed by atoms with Crippen LogP contribution in [0.2, 0.25) is 0 Å². The zero-order valence-corrected chi connectivity index (χ0v) is 12.7. The molecule has 0 aliphatic carbocycles. The summed E-state index contributed by atoms with van der Waals surface area (Å²) in [5, 5.41) is 5.13. The van der Waals surface area contributed by atoms with Gasteiger partial charge in [-0.1, -0.05) is 13.8 Å². The van der Waals surface area contributed by atoms with Crippen LogP contribution in [0, 0.1) is 0 Å². The molecule has 1 rings (SSSR count). The largest absolute Gasteiger partial charge is 0.317 e. The van der Waals surface area contributed by atoms with Gasteiger partial charge >= 0.3 is 0 Å². The lowest BCUT2D eigenvalue weighted by atomic mass is 10.2. The molecule has 1 aromatic rings. The number of rotatable bonds is 9. The molecule has 0 aliphatic rings.